The first-order valence-corrected chi connectivity index (χ1v) is 5.98. The summed E-state index contributed by atoms with van der Waals surface area (Å²) in [5.74, 6) is -0.490. The molecule has 0 aliphatic rings. The summed E-state index contributed by atoms with van der Waals surface area (Å²) in [6.07, 6.45) is 0. The fraction of sp³-hybridized carbons (Fsp3) is 0.250. The number of carboxylic acid groups (broad SMARTS) is 1. The summed E-state index contributed by atoms with van der Waals surface area (Å²) in [5.41, 5.74) is -0.444. The molecule has 1 aromatic carbocycles. The Balaban J connectivity index is 2.14. The summed E-state index contributed by atoms with van der Waals surface area (Å²) >= 11 is 0. The highest BCUT2D eigenvalue weighted by Crippen LogP contribution is 2.22. The average molecular weight is 292 g/mol. The monoisotopic (exact) mass is 292 g/mol. The van der Waals surface area contributed by atoms with Crippen LogP contribution in [0.5, 0.6) is 0 Å². The quantitative estimate of drug-likeness (QED) is 0.601. The summed E-state index contributed by atoms with van der Waals surface area (Å²) in [4.78, 5) is 25.3. The van der Waals surface area contributed by atoms with E-state index in [2.05, 4.69) is 15.5 Å². The van der Waals surface area contributed by atoms with Crippen molar-refractivity contribution in [1.29, 1.82) is 0 Å². The molecule has 9 heteroatoms. The maximum atomic E-state index is 11.2. The van der Waals surface area contributed by atoms with Crippen LogP contribution in [0.4, 0.5) is 5.69 Å². The van der Waals surface area contributed by atoms with Gasteiger partial charge in [-0.1, -0.05) is 17.3 Å². The third-order valence-corrected chi connectivity index (χ3v) is 2.70. The van der Waals surface area contributed by atoms with Crippen molar-refractivity contribution in [2.24, 2.45) is 0 Å². The molecule has 21 heavy (non-hydrogen) atoms. The first-order chi connectivity index (χ1) is 9.99. The fourth-order valence-corrected chi connectivity index (χ4v) is 1.85. The number of carboxylic acids is 1. The zero-order valence-electron chi connectivity index (χ0n) is 11.1. The minimum atomic E-state index is -1.34. The molecule has 0 aliphatic heterocycles. The number of aromatic nitrogens is 2. The van der Waals surface area contributed by atoms with Crippen LogP contribution in [-0.4, -0.2) is 26.1 Å². The second-order valence-electron chi connectivity index (χ2n) is 4.21. The van der Waals surface area contributed by atoms with Crippen molar-refractivity contribution in [2.75, 3.05) is 0 Å². The highest BCUT2D eigenvalue weighted by atomic mass is 16.6. The Kier molecular flexibility index (Phi) is 4.24. The molecule has 0 bridgehead atoms. The molecular weight excluding hydrogens is 280 g/mol. The van der Waals surface area contributed by atoms with Crippen molar-refractivity contribution in [1.82, 2.24) is 15.5 Å². The highest BCUT2D eigenvalue weighted by molar-refractivity contribution is 5.94. The third-order valence-electron chi connectivity index (χ3n) is 2.70. The van der Waals surface area contributed by atoms with Gasteiger partial charge in [0.25, 0.3) is 5.69 Å². The summed E-state index contributed by atoms with van der Waals surface area (Å²) in [5, 5.41) is 26.5. The maximum absolute atomic E-state index is 11.2. The number of carbonyl (C=O) groups is 1. The zero-order chi connectivity index (χ0) is 15.4. The molecule has 0 radical (unpaired) electrons. The van der Waals surface area contributed by atoms with Gasteiger partial charge in [0, 0.05) is 12.6 Å². The topological polar surface area (TPSA) is 131 Å². The molecule has 2 N–H and O–H groups in total. The molecule has 0 unspecified atom stereocenters. The molecule has 0 spiro atoms. The van der Waals surface area contributed by atoms with Gasteiger partial charge >= 0.3 is 5.97 Å². The summed E-state index contributed by atoms with van der Waals surface area (Å²) < 4.78 is 4.89. The molecule has 1 heterocycles. The molecule has 110 valence electrons. The predicted octanol–water partition coefficient (Wildman–Crippen LogP) is 1.27. The van der Waals surface area contributed by atoms with E-state index < -0.39 is 16.6 Å². The lowest BCUT2D eigenvalue weighted by molar-refractivity contribution is -0.385. The van der Waals surface area contributed by atoms with E-state index in [1.807, 2.05) is 0 Å². The lowest BCUT2D eigenvalue weighted by Gasteiger charge is -2.07. The van der Waals surface area contributed by atoms with Crippen LogP contribution < -0.4 is 5.32 Å². The van der Waals surface area contributed by atoms with Crippen molar-refractivity contribution < 1.29 is 19.3 Å². The number of aryl methyl sites for hydroxylation is 1. The summed E-state index contributed by atoms with van der Waals surface area (Å²) in [6.45, 7) is 2.05. The molecule has 2 rings (SSSR count). The minimum Gasteiger partial charge on any atom is -0.477 e. The van der Waals surface area contributed by atoms with E-state index in [4.69, 9.17) is 9.63 Å². The van der Waals surface area contributed by atoms with E-state index >= 15 is 0 Å². The van der Waals surface area contributed by atoms with Crippen LogP contribution in [0.3, 0.4) is 0 Å². The number of aromatic carboxylic acids is 1. The predicted molar refractivity (Wildman–Crippen MR) is 69.6 cm³/mol. The second-order valence-corrected chi connectivity index (χ2v) is 4.21. The van der Waals surface area contributed by atoms with Crippen LogP contribution in [0, 0.1) is 17.0 Å². The van der Waals surface area contributed by atoms with E-state index in [0.29, 0.717) is 17.3 Å². The molecule has 2 aromatic rings. The maximum Gasteiger partial charge on any atom is 0.343 e. The molecule has 0 saturated heterocycles. The molecule has 9 nitrogen and oxygen atoms in total. The van der Waals surface area contributed by atoms with Gasteiger partial charge in [-0.25, -0.2) is 4.79 Å². The van der Waals surface area contributed by atoms with E-state index in [9.17, 15) is 14.9 Å². The van der Waals surface area contributed by atoms with Crippen LogP contribution in [-0.2, 0) is 13.1 Å². The van der Waals surface area contributed by atoms with Crippen LogP contribution >= 0.6 is 0 Å². The molecular formula is C12H12N4O5. The number of rotatable bonds is 6. The number of hydrogen-bond donors (Lipinski definition) is 2. The van der Waals surface area contributed by atoms with Crippen LogP contribution in [0.2, 0.25) is 0 Å². The highest BCUT2D eigenvalue weighted by Gasteiger charge is 2.23. The number of benzene rings is 1. The third kappa shape index (κ3) is 3.39. The fourth-order valence-electron chi connectivity index (χ4n) is 1.85. The normalized spacial score (nSPS) is 10.5. The van der Waals surface area contributed by atoms with Crippen molar-refractivity contribution in [3.63, 3.8) is 0 Å². The van der Waals surface area contributed by atoms with Gasteiger partial charge < -0.3 is 14.9 Å². The molecule has 0 aliphatic carbocycles. The van der Waals surface area contributed by atoms with Crippen LogP contribution in [0.1, 0.15) is 27.6 Å². The largest absolute Gasteiger partial charge is 0.477 e. The summed E-state index contributed by atoms with van der Waals surface area (Å²) in [7, 11) is 0. The Morgan fingerprint density at radius 3 is 2.81 bits per heavy atom. The van der Waals surface area contributed by atoms with E-state index in [1.165, 1.54) is 12.1 Å². The van der Waals surface area contributed by atoms with E-state index in [0.717, 1.165) is 6.07 Å². The Morgan fingerprint density at radius 2 is 2.24 bits per heavy atom. The van der Waals surface area contributed by atoms with Crippen molar-refractivity contribution in [2.45, 2.75) is 20.0 Å². The summed E-state index contributed by atoms with van der Waals surface area (Å²) in [6, 6.07) is 4.12. The van der Waals surface area contributed by atoms with Gasteiger partial charge in [-0.15, -0.1) is 0 Å². The van der Waals surface area contributed by atoms with Gasteiger partial charge in [0.1, 0.15) is 5.56 Å². The smallest absolute Gasteiger partial charge is 0.343 e. The molecule has 0 atom stereocenters. The molecule has 0 amide bonds. The van der Waals surface area contributed by atoms with Gasteiger partial charge in [-0.3, -0.25) is 10.1 Å². The van der Waals surface area contributed by atoms with Crippen LogP contribution in [0.25, 0.3) is 0 Å². The Morgan fingerprint density at radius 1 is 1.48 bits per heavy atom. The lowest BCUT2D eigenvalue weighted by atomic mass is 10.1. The number of hydrogen-bond acceptors (Lipinski definition) is 7. The number of nitrogens with one attached hydrogen (secondary N) is 1. The SMILES string of the molecule is Cc1noc(CNCc2cccc([N+](=O)[O-])c2C(=O)O)n1. The van der Waals surface area contributed by atoms with E-state index in [1.54, 1.807) is 6.92 Å². The Labute approximate surface area is 118 Å². The standard InChI is InChI=1S/C12H12N4O5/c1-7-14-10(21-15-7)6-13-5-8-3-2-4-9(16(19)20)11(8)12(17)18/h2-4,13H,5-6H2,1H3,(H,17,18). The van der Waals surface area contributed by atoms with Crippen molar-refractivity contribution in [3.8, 4) is 0 Å². The van der Waals surface area contributed by atoms with Gasteiger partial charge in [0.2, 0.25) is 5.89 Å². The number of nitro groups is 1. The first kappa shape index (κ1) is 14.6. The zero-order valence-corrected chi connectivity index (χ0v) is 11.1. The Hall–Kier alpha value is -2.81. The second kappa shape index (κ2) is 6.09. The lowest BCUT2D eigenvalue weighted by Crippen LogP contribution is -2.16. The minimum absolute atomic E-state index is 0.130. The van der Waals surface area contributed by atoms with Gasteiger partial charge in [0.05, 0.1) is 11.5 Å². The number of nitrogens with zero attached hydrogens (tertiary/aromatic N) is 3. The van der Waals surface area contributed by atoms with Gasteiger partial charge in [-0.05, 0) is 12.5 Å². The number of nitro benzene ring substituents is 1. The van der Waals surface area contributed by atoms with Crippen LogP contribution in [0.15, 0.2) is 22.7 Å². The average Bonchev–Trinajstić information content (AvgIpc) is 2.83. The van der Waals surface area contributed by atoms with Crippen molar-refractivity contribution in [3.05, 3.63) is 51.2 Å². The van der Waals surface area contributed by atoms with Gasteiger partial charge in [0.15, 0.2) is 5.82 Å². The Bertz CT molecular complexity index is 682. The van der Waals surface area contributed by atoms with E-state index in [-0.39, 0.29) is 18.7 Å². The van der Waals surface area contributed by atoms with Crippen molar-refractivity contribution >= 4 is 11.7 Å². The molecule has 0 saturated carbocycles. The first-order valence-electron chi connectivity index (χ1n) is 5.98. The molecule has 1 aromatic heterocycles. The van der Waals surface area contributed by atoms with Gasteiger partial charge in [-0.2, -0.15) is 4.98 Å². The molecule has 0 fully saturated rings.